The number of fused-ring (bicyclic) bond motifs is 2. The summed E-state index contributed by atoms with van der Waals surface area (Å²) < 4.78 is 5.28. The van der Waals surface area contributed by atoms with Crippen LogP contribution in [-0.4, -0.2) is 23.6 Å². The average molecular weight is 397 g/mol. The Morgan fingerprint density at radius 3 is 2.57 bits per heavy atom. The smallest absolute Gasteiger partial charge is 0.144 e. The molecule has 0 spiro atoms. The van der Waals surface area contributed by atoms with E-state index in [0.29, 0.717) is 6.42 Å². The monoisotopic (exact) mass is 397 g/mol. The number of nitrogens with zero attached hydrogens (tertiary/aromatic N) is 2. The van der Waals surface area contributed by atoms with Crippen molar-refractivity contribution in [1.82, 2.24) is 4.98 Å². The quantitative estimate of drug-likeness (QED) is 0.668. The largest absolute Gasteiger partial charge is 0.497 e. The molecule has 1 aromatic heterocycles. The van der Waals surface area contributed by atoms with Gasteiger partial charge in [0.05, 0.1) is 30.4 Å². The summed E-state index contributed by atoms with van der Waals surface area (Å²) in [7, 11) is 1.66. The highest BCUT2D eigenvalue weighted by Gasteiger charge is 2.41. The van der Waals surface area contributed by atoms with Gasteiger partial charge in [0.1, 0.15) is 11.5 Å². The Balaban J connectivity index is 1.56. The van der Waals surface area contributed by atoms with E-state index >= 15 is 0 Å². The Morgan fingerprint density at radius 2 is 1.80 bits per heavy atom. The molecule has 1 N–H and O–H groups in total. The molecule has 0 saturated heterocycles. The molecule has 1 unspecified atom stereocenters. The summed E-state index contributed by atoms with van der Waals surface area (Å²) in [4.78, 5) is 22.7. The second-order valence-corrected chi connectivity index (χ2v) is 7.85. The number of aliphatic imine (C=N–C) groups is 1. The van der Waals surface area contributed by atoms with Crippen LogP contribution in [0.4, 0.5) is 11.4 Å². The zero-order chi connectivity index (χ0) is 20.5. The van der Waals surface area contributed by atoms with E-state index in [1.807, 2.05) is 54.7 Å². The minimum atomic E-state index is -0.295. The lowest BCUT2D eigenvalue weighted by Gasteiger charge is -2.33. The van der Waals surface area contributed by atoms with Crippen LogP contribution in [0.5, 0.6) is 5.75 Å². The van der Waals surface area contributed by atoms with Crippen LogP contribution in [0.25, 0.3) is 0 Å². The van der Waals surface area contributed by atoms with E-state index in [1.165, 1.54) is 0 Å². The molecule has 0 radical (unpaired) electrons. The number of ketones is 1. The molecule has 5 heteroatoms. The second-order valence-electron chi connectivity index (χ2n) is 7.85. The number of anilines is 1. The molecular formula is C25H23N3O2. The molecule has 1 saturated carbocycles. The minimum absolute atomic E-state index is 0.123. The summed E-state index contributed by atoms with van der Waals surface area (Å²) >= 11 is 0. The minimum Gasteiger partial charge on any atom is -0.497 e. The summed E-state index contributed by atoms with van der Waals surface area (Å²) in [5.41, 5.74) is 4.92. The van der Waals surface area contributed by atoms with Crippen molar-refractivity contribution in [3.63, 3.8) is 0 Å². The number of nitrogens with one attached hydrogen (secondary N) is 1. The van der Waals surface area contributed by atoms with E-state index in [-0.39, 0.29) is 23.7 Å². The van der Waals surface area contributed by atoms with Crippen molar-refractivity contribution in [2.75, 3.05) is 12.4 Å². The Kier molecular flexibility index (Phi) is 4.79. The Labute approximate surface area is 175 Å². The molecule has 2 aliphatic rings. The second kappa shape index (κ2) is 7.75. The van der Waals surface area contributed by atoms with Gasteiger partial charge in [0.15, 0.2) is 0 Å². The number of pyridine rings is 1. The molecule has 1 aliphatic carbocycles. The van der Waals surface area contributed by atoms with Crippen molar-refractivity contribution in [3.8, 4) is 5.75 Å². The molecule has 0 amide bonds. The van der Waals surface area contributed by atoms with Crippen LogP contribution < -0.4 is 10.1 Å². The van der Waals surface area contributed by atoms with Crippen LogP contribution in [0.1, 0.15) is 35.9 Å². The predicted molar refractivity (Wildman–Crippen MR) is 118 cm³/mol. The number of Topliss-reactive ketones (excluding diaryl/α,β-unsaturated/α-hetero) is 1. The molecule has 5 nitrogen and oxygen atoms in total. The summed E-state index contributed by atoms with van der Waals surface area (Å²) in [6.07, 6.45) is 4.86. The Bertz CT molecular complexity index is 1090. The first-order chi connectivity index (χ1) is 14.7. The summed E-state index contributed by atoms with van der Waals surface area (Å²) in [6.45, 7) is 0. The van der Waals surface area contributed by atoms with Gasteiger partial charge in [-0.2, -0.15) is 0 Å². The number of ether oxygens (including phenoxy) is 1. The standard InChI is InChI=1S/C25H23N3O2/c1-30-19-10-8-16(9-11-19)18-13-22-24(23(29)14-18)25(17-5-4-12-26-15-17)28-21-7-3-2-6-20(21)27-22/h2-12,15,18,24-25,28H,13-14H2,1H3/t18-,24?,25+/m1/s1. The maximum absolute atomic E-state index is 13.5. The van der Waals surface area contributed by atoms with Gasteiger partial charge >= 0.3 is 0 Å². The van der Waals surface area contributed by atoms with Gasteiger partial charge in [-0.05, 0) is 53.8 Å². The Morgan fingerprint density at radius 1 is 0.967 bits per heavy atom. The molecule has 3 atom stereocenters. The number of aromatic nitrogens is 1. The number of methoxy groups -OCH3 is 1. The highest BCUT2D eigenvalue weighted by atomic mass is 16.5. The van der Waals surface area contributed by atoms with Crippen molar-refractivity contribution < 1.29 is 9.53 Å². The maximum Gasteiger partial charge on any atom is 0.144 e. The van der Waals surface area contributed by atoms with Gasteiger partial charge in [-0.1, -0.05) is 30.3 Å². The van der Waals surface area contributed by atoms with Crippen LogP contribution in [-0.2, 0) is 4.79 Å². The van der Waals surface area contributed by atoms with Crippen LogP contribution in [0.2, 0.25) is 0 Å². The van der Waals surface area contributed by atoms with Crippen LogP contribution in [0.15, 0.2) is 78.0 Å². The van der Waals surface area contributed by atoms with Crippen molar-refractivity contribution >= 4 is 22.9 Å². The number of carbonyl (C=O) groups excluding carboxylic acids is 1. The van der Waals surface area contributed by atoms with Crippen molar-refractivity contribution in [3.05, 3.63) is 84.2 Å². The van der Waals surface area contributed by atoms with E-state index < -0.39 is 0 Å². The third kappa shape index (κ3) is 3.36. The van der Waals surface area contributed by atoms with E-state index in [2.05, 4.69) is 22.4 Å². The average Bonchev–Trinajstić information content (AvgIpc) is 2.96. The number of hydrogen-bond donors (Lipinski definition) is 1. The van der Waals surface area contributed by atoms with Gasteiger partial charge in [0.2, 0.25) is 0 Å². The molecule has 150 valence electrons. The fourth-order valence-corrected chi connectivity index (χ4v) is 4.55. The molecule has 3 aromatic rings. The van der Waals surface area contributed by atoms with Gasteiger partial charge in [-0.15, -0.1) is 0 Å². The molecule has 2 heterocycles. The highest BCUT2D eigenvalue weighted by molar-refractivity contribution is 6.10. The van der Waals surface area contributed by atoms with E-state index in [1.54, 1.807) is 13.3 Å². The lowest BCUT2D eigenvalue weighted by atomic mass is 9.72. The van der Waals surface area contributed by atoms with Gasteiger partial charge in [0, 0.05) is 24.5 Å². The summed E-state index contributed by atoms with van der Waals surface area (Å²) in [5, 5.41) is 3.58. The zero-order valence-electron chi connectivity index (χ0n) is 16.8. The van der Waals surface area contributed by atoms with E-state index in [9.17, 15) is 4.79 Å². The van der Waals surface area contributed by atoms with Gasteiger partial charge in [-0.3, -0.25) is 14.8 Å². The van der Waals surface area contributed by atoms with Crippen molar-refractivity contribution in [1.29, 1.82) is 0 Å². The van der Waals surface area contributed by atoms with Crippen molar-refractivity contribution in [2.45, 2.75) is 24.8 Å². The molecule has 2 aromatic carbocycles. The lowest BCUT2D eigenvalue weighted by Crippen LogP contribution is -2.38. The number of rotatable bonds is 3. The fraction of sp³-hybridized carbons (Fsp3) is 0.240. The SMILES string of the molecule is COc1ccc([C@H]2CC(=O)C3C(=Nc4ccccc4N[C@H]3c3cccnc3)C2)cc1. The molecule has 0 bridgehead atoms. The predicted octanol–water partition coefficient (Wildman–Crippen LogP) is 5.09. The lowest BCUT2D eigenvalue weighted by molar-refractivity contribution is -0.122. The maximum atomic E-state index is 13.5. The highest BCUT2D eigenvalue weighted by Crippen LogP contribution is 2.43. The number of benzene rings is 2. The van der Waals surface area contributed by atoms with Gasteiger partial charge in [0.25, 0.3) is 0 Å². The summed E-state index contributed by atoms with van der Waals surface area (Å²) in [5.74, 6) is 0.865. The third-order valence-electron chi connectivity index (χ3n) is 6.05. The first-order valence-corrected chi connectivity index (χ1v) is 10.2. The van der Waals surface area contributed by atoms with Crippen molar-refractivity contribution in [2.24, 2.45) is 10.9 Å². The molecule has 5 rings (SSSR count). The van der Waals surface area contributed by atoms with Gasteiger partial charge < -0.3 is 10.1 Å². The first kappa shape index (κ1) is 18.6. The number of carbonyl (C=O) groups is 1. The first-order valence-electron chi connectivity index (χ1n) is 10.2. The normalized spacial score (nSPS) is 22.8. The zero-order valence-corrected chi connectivity index (χ0v) is 16.8. The topological polar surface area (TPSA) is 63.6 Å². The molecule has 30 heavy (non-hydrogen) atoms. The summed E-state index contributed by atoms with van der Waals surface area (Å²) in [6, 6.07) is 19.8. The third-order valence-corrected chi connectivity index (χ3v) is 6.05. The fourth-order valence-electron chi connectivity index (χ4n) is 4.55. The van der Waals surface area contributed by atoms with Gasteiger partial charge in [-0.25, -0.2) is 0 Å². The Hall–Kier alpha value is -3.47. The molecule has 1 fully saturated rings. The van der Waals surface area contributed by atoms with Crippen LogP contribution >= 0.6 is 0 Å². The van der Waals surface area contributed by atoms with Crippen LogP contribution in [0, 0.1) is 5.92 Å². The number of hydrogen-bond acceptors (Lipinski definition) is 5. The molecule has 1 aliphatic heterocycles. The van der Waals surface area contributed by atoms with E-state index in [0.717, 1.165) is 40.4 Å². The van der Waals surface area contributed by atoms with E-state index in [4.69, 9.17) is 9.73 Å². The number of para-hydroxylation sites is 2. The van der Waals surface area contributed by atoms with Crippen LogP contribution in [0.3, 0.4) is 0 Å². The molecular weight excluding hydrogens is 374 g/mol.